The summed E-state index contributed by atoms with van der Waals surface area (Å²) in [5.41, 5.74) is 9.83. The van der Waals surface area contributed by atoms with Crippen molar-refractivity contribution in [3.8, 4) is 0 Å². The average molecular weight is 1250 g/mol. The molecule has 3 heterocycles. The molecule has 3 aromatic heterocycles. The van der Waals surface area contributed by atoms with Crippen molar-refractivity contribution in [2.45, 2.75) is 174 Å². The van der Waals surface area contributed by atoms with Crippen LogP contribution < -0.4 is 56.2 Å². The highest BCUT2D eigenvalue weighted by atomic mass is 35.5. The molecule has 0 saturated carbocycles. The normalized spacial score (nSPS) is 11.4. The Labute approximate surface area is 539 Å². The molecule has 0 unspecified atom stereocenters. The van der Waals surface area contributed by atoms with Crippen LogP contribution in [0.2, 0.25) is 5.28 Å². The SMILES string of the molecule is CNCc1ccc2cc3ccc(N(C)C)cc3[n+](CCCCCC(=O)CCCCCNC(=O)CCCCCNc3nc(Cl)nc(NCCCCCC(=O)NCCCCCNC(=O)CCCCC[n+]4c5cc(CNC)ccc5cc5ccc(N(C)C)cc54)n3)c2c1. The van der Waals surface area contributed by atoms with Gasteiger partial charge in [-0.2, -0.15) is 24.1 Å². The third kappa shape index (κ3) is 23.5. The van der Waals surface area contributed by atoms with Crippen LogP contribution >= 0.6 is 11.6 Å². The molecule has 486 valence electrons. The van der Waals surface area contributed by atoms with Crippen molar-refractivity contribution in [2.75, 3.05) is 95.4 Å². The molecule has 0 fully saturated rings. The van der Waals surface area contributed by atoms with Gasteiger partial charge >= 0.3 is 0 Å². The molecule has 19 heteroatoms. The number of carbonyl (C=O) groups excluding carboxylic acids is 4. The van der Waals surface area contributed by atoms with Crippen molar-refractivity contribution in [3.63, 3.8) is 0 Å². The van der Waals surface area contributed by atoms with Crippen molar-refractivity contribution in [3.05, 3.63) is 101 Å². The summed E-state index contributed by atoms with van der Waals surface area (Å²) < 4.78 is 4.92. The van der Waals surface area contributed by atoms with Crippen molar-refractivity contribution < 1.29 is 28.3 Å². The van der Waals surface area contributed by atoms with Crippen LogP contribution in [0.5, 0.6) is 0 Å². The molecule has 0 bridgehead atoms. The van der Waals surface area contributed by atoms with E-state index in [9.17, 15) is 19.2 Å². The second kappa shape index (κ2) is 38.4. The monoisotopic (exact) mass is 1250 g/mol. The van der Waals surface area contributed by atoms with Gasteiger partial charge in [-0.15, -0.1) is 0 Å². The summed E-state index contributed by atoms with van der Waals surface area (Å²) >= 11 is 6.22. The predicted molar refractivity (Wildman–Crippen MR) is 370 cm³/mol. The first kappa shape index (κ1) is 70.2. The third-order valence-corrected chi connectivity index (χ3v) is 16.9. The molecule has 4 aromatic carbocycles. The van der Waals surface area contributed by atoms with E-state index in [1.165, 1.54) is 66.1 Å². The number of fused-ring (bicyclic) bond motifs is 4. The zero-order chi connectivity index (χ0) is 63.9. The summed E-state index contributed by atoms with van der Waals surface area (Å²) in [6.07, 6.45) is 18.8. The van der Waals surface area contributed by atoms with E-state index in [4.69, 9.17) is 11.6 Å². The fourth-order valence-electron chi connectivity index (χ4n) is 11.6. The molecule has 0 aliphatic heterocycles. The summed E-state index contributed by atoms with van der Waals surface area (Å²) in [7, 11) is 12.3. The van der Waals surface area contributed by atoms with Crippen molar-refractivity contribution in [1.29, 1.82) is 0 Å². The van der Waals surface area contributed by atoms with Gasteiger partial charge in [0.2, 0.25) is 57.0 Å². The highest BCUT2D eigenvalue weighted by Gasteiger charge is 2.20. The summed E-state index contributed by atoms with van der Waals surface area (Å²) in [5.74, 6) is 1.37. The first-order valence-corrected chi connectivity index (χ1v) is 33.8. The fourth-order valence-corrected chi connectivity index (χ4v) is 11.8. The molecular weight excluding hydrogens is 1150 g/mol. The maximum atomic E-state index is 12.8. The van der Waals surface area contributed by atoms with Crippen LogP contribution in [0.3, 0.4) is 0 Å². The number of carbonyl (C=O) groups is 4. The number of pyridine rings is 2. The zero-order valence-corrected chi connectivity index (χ0v) is 55.6. The Hall–Kier alpha value is -7.28. The van der Waals surface area contributed by atoms with Crippen LogP contribution in [0.15, 0.2) is 84.9 Å². The smallest absolute Gasteiger partial charge is 0.228 e. The zero-order valence-electron chi connectivity index (χ0n) is 54.9. The van der Waals surface area contributed by atoms with Crippen LogP contribution in [0, 0.1) is 0 Å². The molecular formula is C71H103ClN14O4+2. The van der Waals surface area contributed by atoms with E-state index < -0.39 is 0 Å². The number of nitrogens with one attached hydrogen (secondary N) is 7. The van der Waals surface area contributed by atoms with Gasteiger partial charge in [0.15, 0.2) is 0 Å². The van der Waals surface area contributed by atoms with Crippen molar-refractivity contribution >= 4 is 102 Å². The van der Waals surface area contributed by atoms with E-state index >= 15 is 0 Å². The molecule has 0 saturated heterocycles. The van der Waals surface area contributed by atoms with Crippen LogP contribution in [-0.2, 0) is 45.4 Å². The summed E-state index contributed by atoms with van der Waals surface area (Å²) in [6, 6.07) is 31.4. The topological polar surface area (TPSA) is 205 Å². The number of unbranched alkanes of at least 4 members (excludes halogenated alkanes) is 12. The van der Waals surface area contributed by atoms with Gasteiger partial charge in [0.05, 0.1) is 0 Å². The number of ketones is 1. The highest BCUT2D eigenvalue weighted by Crippen LogP contribution is 2.26. The Kier molecular flexibility index (Phi) is 30.0. The third-order valence-electron chi connectivity index (χ3n) is 16.7. The van der Waals surface area contributed by atoms with Gasteiger partial charge in [0, 0.05) is 176 Å². The van der Waals surface area contributed by atoms with Gasteiger partial charge in [0.1, 0.15) is 18.9 Å². The number of benzene rings is 4. The predicted octanol–water partition coefficient (Wildman–Crippen LogP) is 11.4. The Morgan fingerprint density at radius 1 is 0.400 bits per heavy atom. The van der Waals surface area contributed by atoms with Gasteiger partial charge in [0.25, 0.3) is 0 Å². The molecule has 7 N–H and O–H groups in total. The Bertz CT molecular complexity index is 3410. The van der Waals surface area contributed by atoms with E-state index in [0.29, 0.717) is 82.5 Å². The summed E-state index contributed by atoms with van der Waals surface area (Å²) in [4.78, 5) is 67.6. The van der Waals surface area contributed by atoms with Crippen molar-refractivity contribution in [1.82, 2.24) is 41.5 Å². The van der Waals surface area contributed by atoms with E-state index in [1.807, 2.05) is 14.1 Å². The lowest BCUT2D eigenvalue weighted by Crippen LogP contribution is -2.36. The minimum Gasteiger partial charge on any atom is -0.377 e. The van der Waals surface area contributed by atoms with E-state index in [0.717, 1.165) is 142 Å². The minimum absolute atomic E-state index is 0.0637. The van der Waals surface area contributed by atoms with Crippen LogP contribution in [0.1, 0.15) is 159 Å². The van der Waals surface area contributed by atoms with E-state index in [2.05, 4.69) is 184 Å². The first-order chi connectivity index (χ1) is 43.8. The van der Waals surface area contributed by atoms with Gasteiger partial charge in [-0.25, -0.2) is 0 Å². The van der Waals surface area contributed by atoms with Crippen LogP contribution in [0.25, 0.3) is 43.6 Å². The lowest BCUT2D eigenvalue weighted by Gasteiger charge is -2.14. The number of amides is 3. The van der Waals surface area contributed by atoms with Gasteiger partial charge in [-0.05, 0) is 169 Å². The lowest BCUT2D eigenvalue weighted by molar-refractivity contribution is -0.646. The second-order valence-electron chi connectivity index (χ2n) is 24.5. The van der Waals surface area contributed by atoms with Crippen molar-refractivity contribution in [2.24, 2.45) is 0 Å². The number of hydrogen-bond donors (Lipinski definition) is 7. The first-order valence-electron chi connectivity index (χ1n) is 33.4. The molecule has 0 atom stereocenters. The van der Waals surface area contributed by atoms with E-state index in [1.54, 1.807) is 0 Å². The molecule has 0 radical (unpaired) electrons. The highest BCUT2D eigenvalue weighted by molar-refractivity contribution is 6.28. The number of rotatable bonds is 44. The molecule has 18 nitrogen and oxygen atoms in total. The second-order valence-corrected chi connectivity index (χ2v) is 24.9. The van der Waals surface area contributed by atoms with Crippen LogP contribution in [-0.4, -0.2) is 113 Å². The number of halogens is 1. The Morgan fingerprint density at radius 2 is 0.744 bits per heavy atom. The molecule has 90 heavy (non-hydrogen) atoms. The molecule has 0 aliphatic carbocycles. The molecule has 0 aliphatic rings. The van der Waals surface area contributed by atoms with Gasteiger partial charge < -0.3 is 47.0 Å². The number of aromatic nitrogens is 5. The summed E-state index contributed by atoms with van der Waals surface area (Å²) in [6.45, 7) is 6.64. The number of anilines is 4. The molecule has 7 rings (SSSR count). The standard InChI is InChI=1S/C71H101ClN14O4/c1-73-51-53-30-32-55-47-57-34-36-59(83(3)4)49-64(57)85(62(55)45-53)43-23-10-14-26-61(87)25-13-7-18-38-75-66(88)27-15-8-19-41-78-70-80-69(72)81-71(82-70)79-42-20-9-16-28-67(89)76-39-21-12-22-40-77-68(90)29-17-11-24-44-86-63-46-54(52-74-2)31-33-56(63)48-58-35-37-60(84(5)6)50-65(58)86/h30-37,45-50,73-74H,7-29,38-44,51-52H2,1-6H3,(H3-2,75,76,77,78,79,80,81,82,88,89,90)/p+2. The summed E-state index contributed by atoms with van der Waals surface area (Å²) in [5, 5.41) is 27.2. The number of aryl methyl sites for hydroxylation is 2. The fraction of sp³-hybridized carbons (Fsp3) is 0.535. The van der Waals surface area contributed by atoms with Gasteiger partial charge in [-0.1, -0.05) is 31.4 Å². The molecule has 7 aromatic rings. The van der Waals surface area contributed by atoms with Gasteiger partial charge in [-0.3, -0.25) is 19.2 Å². The quantitative estimate of drug-likeness (QED) is 0.0108. The largest absolute Gasteiger partial charge is 0.377 e. The maximum Gasteiger partial charge on any atom is 0.228 e. The number of hydrogen-bond acceptors (Lipinski definition) is 13. The maximum absolute atomic E-state index is 12.8. The van der Waals surface area contributed by atoms with E-state index in [-0.39, 0.29) is 23.0 Å². The average Bonchev–Trinajstić information content (AvgIpc) is 1.36. The Balaban J connectivity index is 0.638. The minimum atomic E-state index is 0.0637. The Morgan fingerprint density at radius 3 is 1.13 bits per heavy atom. The molecule has 3 amide bonds. The number of Topliss-reactive ketones (excluding diaryl/α,β-unsaturated/α-hetero) is 1. The lowest BCUT2D eigenvalue weighted by atomic mass is 10.0. The number of nitrogens with zero attached hydrogens (tertiary/aromatic N) is 7. The molecule has 0 spiro atoms. The van der Waals surface area contributed by atoms with Crippen LogP contribution in [0.4, 0.5) is 23.3 Å².